The van der Waals surface area contributed by atoms with Crippen molar-refractivity contribution in [1.82, 2.24) is 0 Å². The Kier molecular flexibility index (Phi) is 4.24. The number of rotatable bonds is 3. The highest BCUT2D eigenvalue weighted by molar-refractivity contribution is 9.10. The Hall–Kier alpha value is -1.16. The van der Waals surface area contributed by atoms with E-state index in [1.807, 2.05) is 0 Å². The lowest BCUT2D eigenvalue weighted by Gasteiger charge is -2.12. The Morgan fingerprint density at radius 3 is 2.69 bits per heavy atom. The van der Waals surface area contributed by atoms with Gasteiger partial charge in [-0.25, -0.2) is 4.39 Å². The van der Waals surface area contributed by atoms with Gasteiger partial charge in [0.1, 0.15) is 23.2 Å². The SMILES string of the molecule is N#Cc1c(F)cc(Br)c(CC(O)CO)c1O. The molecule has 0 fully saturated rings. The number of aliphatic hydroxyl groups excluding tert-OH is 2. The number of nitriles is 1. The Morgan fingerprint density at radius 2 is 2.19 bits per heavy atom. The van der Waals surface area contributed by atoms with E-state index in [0.29, 0.717) is 0 Å². The minimum atomic E-state index is -1.07. The first-order chi connectivity index (χ1) is 7.51. The van der Waals surface area contributed by atoms with Gasteiger partial charge in [0, 0.05) is 16.5 Å². The summed E-state index contributed by atoms with van der Waals surface area (Å²) in [6.45, 7) is -0.481. The number of benzene rings is 1. The molecule has 0 heterocycles. The molecule has 0 bridgehead atoms. The summed E-state index contributed by atoms with van der Waals surface area (Å²) >= 11 is 3.02. The number of hydrogen-bond donors (Lipinski definition) is 3. The van der Waals surface area contributed by atoms with Gasteiger partial charge in [0.2, 0.25) is 0 Å². The van der Waals surface area contributed by atoms with E-state index in [-0.39, 0.29) is 16.5 Å². The van der Waals surface area contributed by atoms with Crippen molar-refractivity contribution in [1.29, 1.82) is 5.26 Å². The molecular formula is C10H9BrFNO3. The molecule has 0 amide bonds. The molecule has 1 unspecified atom stereocenters. The Labute approximate surface area is 99.7 Å². The highest BCUT2D eigenvalue weighted by atomic mass is 79.9. The van der Waals surface area contributed by atoms with E-state index in [1.165, 1.54) is 6.07 Å². The van der Waals surface area contributed by atoms with Gasteiger partial charge in [-0.1, -0.05) is 15.9 Å². The molecule has 0 saturated heterocycles. The zero-order valence-corrected chi connectivity index (χ0v) is 9.70. The molecule has 0 aliphatic heterocycles. The van der Waals surface area contributed by atoms with Gasteiger partial charge in [0.15, 0.2) is 0 Å². The van der Waals surface area contributed by atoms with Gasteiger partial charge < -0.3 is 15.3 Å². The van der Waals surface area contributed by atoms with Crippen LogP contribution in [0, 0.1) is 17.1 Å². The van der Waals surface area contributed by atoms with Crippen LogP contribution >= 0.6 is 15.9 Å². The van der Waals surface area contributed by atoms with Crippen LogP contribution in [0.5, 0.6) is 5.75 Å². The molecule has 1 aromatic rings. The van der Waals surface area contributed by atoms with Crippen molar-refractivity contribution < 1.29 is 19.7 Å². The van der Waals surface area contributed by atoms with Crippen molar-refractivity contribution in [2.24, 2.45) is 0 Å². The molecule has 1 rings (SSSR count). The third kappa shape index (κ3) is 2.50. The standard InChI is InChI=1S/C10H9BrFNO3/c11-8-2-9(12)7(3-13)10(16)6(8)1-5(15)4-14/h2,5,14-16H,1,4H2. The van der Waals surface area contributed by atoms with Gasteiger partial charge in [0.05, 0.1) is 12.7 Å². The number of nitrogens with zero attached hydrogens (tertiary/aromatic N) is 1. The Bertz CT molecular complexity index is 445. The van der Waals surface area contributed by atoms with Crippen LogP contribution in [-0.4, -0.2) is 28.0 Å². The smallest absolute Gasteiger partial charge is 0.145 e. The van der Waals surface area contributed by atoms with E-state index >= 15 is 0 Å². The van der Waals surface area contributed by atoms with Crippen molar-refractivity contribution in [2.75, 3.05) is 6.61 Å². The average Bonchev–Trinajstić information content (AvgIpc) is 2.24. The van der Waals surface area contributed by atoms with Crippen LogP contribution in [0.25, 0.3) is 0 Å². The first-order valence-electron chi connectivity index (χ1n) is 4.40. The lowest BCUT2D eigenvalue weighted by molar-refractivity contribution is 0.0948. The number of halogens is 2. The van der Waals surface area contributed by atoms with Gasteiger partial charge in [-0.15, -0.1) is 0 Å². The average molecular weight is 290 g/mol. The summed E-state index contributed by atoms with van der Waals surface area (Å²) in [6, 6.07) is 2.57. The molecular weight excluding hydrogens is 281 g/mol. The lowest BCUT2D eigenvalue weighted by Crippen LogP contribution is -2.15. The summed E-state index contributed by atoms with van der Waals surface area (Å²) in [7, 11) is 0. The number of aliphatic hydroxyl groups is 2. The summed E-state index contributed by atoms with van der Waals surface area (Å²) in [6.07, 6.45) is -1.14. The van der Waals surface area contributed by atoms with Crippen molar-refractivity contribution in [2.45, 2.75) is 12.5 Å². The number of aromatic hydroxyl groups is 1. The fourth-order valence-corrected chi connectivity index (χ4v) is 1.80. The van der Waals surface area contributed by atoms with Crippen molar-refractivity contribution in [3.05, 3.63) is 27.5 Å². The van der Waals surface area contributed by atoms with Crippen LogP contribution in [0.3, 0.4) is 0 Å². The van der Waals surface area contributed by atoms with E-state index < -0.39 is 29.8 Å². The zero-order chi connectivity index (χ0) is 12.3. The van der Waals surface area contributed by atoms with Gasteiger partial charge in [-0.3, -0.25) is 0 Å². The minimum absolute atomic E-state index is 0.0716. The highest BCUT2D eigenvalue weighted by Crippen LogP contribution is 2.32. The second-order valence-electron chi connectivity index (χ2n) is 3.19. The molecule has 0 radical (unpaired) electrons. The largest absolute Gasteiger partial charge is 0.506 e. The molecule has 16 heavy (non-hydrogen) atoms. The normalized spacial score (nSPS) is 12.2. The monoisotopic (exact) mass is 289 g/mol. The molecule has 1 aromatic carbocycles. The summed E-state index contributed by atoms with van der Waals surface area (Å²) < 4.78 is 13.4. The summed E-state index contributed by atoms with van der Waals surface area (Å²) in [4.78, 5) is 0. The molecule has 0 saturated carbocycles. The van der Waals surface area contributed by atoms with E-state index in [1.54, 1.807) is 0 Å². The van der Waals surface area contributed by atoms with E-state index in [2.05, 4.69) is 15.9 Å². The Balaban J connectivity index is 3.24. The van der Waals surface area contributed by atoms with Crippen LogP contribution in [0.15, 0.2) is 10.5 Å². The maximum atomic E-state index is 13.2. The first kappa shape index (κ1) is 12.9. The molecule has 3 N–H and O–H groups in total. The van der Waals surface area contributed by atoms with Crippen molar-refractivity contribution >= 4 is 15.9 Å². The maximum absolute atomic E-state index is 13.2. The third-order valence-electron chi connectivity index (χ3n) is 2.07. The minimum Gasteiger partial charge on any atom is -0.506 e. The van der Waals surface area contributed by atoms with Crippen LogP contribution < -0.4 is 0 Å². The number of phenolic OH excluding ortho intramolecular Hbond substituents is 1. The molecule has 86 valence electrons. The van der Waals surface area contributed by atoms with Crippen LogP contribution in [0.1, 0.15) is 11.1 Å². The predicted molar refractivity (Wildman–Crippen MR) is 57.3 cm³/mol. The number of hydrogen-bond acceptors (Lipinski definition) is 4. The molecule has 0 aliphatic carbocycles. The second kappa shape index (κ2) is 5.25. The van der Waals surface area contributed by atoms with Gasteiger partial charge in [-0.2, -0.15) is 5.26 Å². The topological polar surface area (TPSA) is 84.5 Å². The third-order valence-corrected chi connectivity index (χ3v) is 2.77. The summed E-state index contributed by atoms with van der Waals surface area (Å²) in [5.74, 6) is -1.35. The highest BCUT2D eigenvalue weighted by Gasteiger charge is 2.18. The fourth-order valence-electron chi connectivity index (χ4n) is 1.25. The van der Waals surface area contributed by atoms with Crippen LogP contribution in [0.4, 0.5) is 4.39 Å². The first-order valence-corrected chi connectivity index (χ1v) is 5.19. The second-order valence-corrected chi connectivity index (χ2v) is 4.05. The molecule has 0 aromatic heterocycles. The van der Waals surface area contributed by atoms with Gasteiger partial charge >= 0.3 is 0 Å². The lowest BCUT2D eigenvalue weighted by atomic mass is 10.0. The molecule has 6 heteroatoms. The molecule has 0 spiro atoms. The van der Waals surface area contributed by atoms with E-state index in [4.69, 9.17) is 10.4 Å². The fraction of sp³-hybridized carbons (Fsp3) is 0.300. The van der Waals surface area contributed by atoms with Crippen molar-refractivity contribution in [3.8, 4) is 11.8 Å². The van der Waals surface area contributed by atoms with Crippen LogP contribution in [0.2, 0.25) is 0 Å². The molecule has 0 aliphatic rings. The zero-order valence-electron chi connectivity index (χ0n) is 8.11. The summed E-state index contributed by atoms with van der Waals surface area (Å²) in [5.41, 5.74) is -0.275. The Morgan fingerprint density at radius 1 is 1.56 bits per heavy atom. The van der Waals surface area contributed by atoms with Crippen LogP contribution in [-0.2, 0) is 6.42 Å². The summed E-state index contributed by atoms with van der Waals surface area (Å²) in [5, 5.41) is 36.1. The van der Waals surface area contributed by atoms with Crippen molar-refractivity contribution in [3.63, 3.8) is 0 Å². The molecule has 1 atom stereocenters. The van der Waals surface area contributed by atoms with E-state index in [0.717, 1.165) is 6.07 Å². The van der Waals surface area contributed by atoms with Gasteiger partial charge in [-0.05, 0) is 6.07 Å². The predicted octanol–water partition coefficient (Wildman–Crippen LogP) is 1.06. The van der Waals surface area contributed by atoms with E-state index in [9.17, 15) is 14.6 Å². The van der Waals surface area contributed by atoms with Gasteiger partial charge in [0.25, 0.3) is 0 Å². The number of phenols is 1. The molecule has 4 nitrogen and oxygen atoms in total. The maximum Gasteiger partial charge on any atom is 0.145 e. The quantitative estimate of drug-likeness (QED) is 0.777.